The minimum Gasteiger partial charge on any atom is -0.407 e. The van der Waals surface area contributed by atoms with E-state index >= 15 is 0 Å². The summed E-state index contributed by atoms with van der Waals surface area (Å²) >= 11 is 0. The summed E-state index contributed by atoms with van der Waals surface area (Å²) in [4.78, 5) is 0. The highest BCUT2D eigenvalue weighted by atomic mass is 16.5. The van der Waals surface area contributed by atoms with E-state index in [1.54, 1.807) is 7.11 Å². The van der Waals surface area contributed by atoms with E-state index in [0.717, 1.165) is 0 Å². The van der Waals surface area contributed by atoms with E-state index in [0.29, 0.717) is 31.0 Å². The number of hydrogen-bond donors (Lipinski definition) is 2. The Labute approximate surface area is 102 Å². The van der Waals surface area contributed by atoms with E-state index in [2.05, 4.69) is 34.7 Å². The van der Waals surface area contributed by atoms with Crippen LogP contribution in [0.4, 0.5) is 6.01 Å². The van der Waals surface area contributed by atoms with Gasteiger partial charge in [-0.1, -0.05) is 18.9 Å². The third-order valence-electron chi connectivity index (χ3n) is 2.35. The normalized spacial score (nSPS) is 12.1. The Morgan fingerprint density at radius 2 is 2.06 bits per heavy atom. The lowest BCUT2D eigenvalue weighted by molar-refractivity contribution is 0.0339. The van der Waals surface area contributed by atoms with E-state index in [9.17, 15) is 0 Å². The zero-order valence-corrected chi connectivity index (χ0v) is 11.2. The second-order valence-electron chi connectivity index (χ2n) is 4.85. The minimum absolute atomic E-state index is 0.259. The Hall–Kier alpha value is -1.14. The zero-order chi connectivity index (χ0) is 12.9. The first-order chi connectivity index (χ1) is 7.93. The molecule has 0 bridgehead atoms. The number of ether oxygens (including phenoxy) is 1. The number of rotatable bonds is 7. The third-order valence-corrected chi connectivity index (χ3v) is 2.35. The molecule has 0 aliphatic carbocycles. The van der Waals surface area contributed by atoms with E-state index in [4.69, 9.17) is 9.15 Å². The van der Waals surface area contributed by atoms with Gasteiger partial charge in [0, 0.05) is 19.7 Å². The maximum absolute atomic E-state index is 5.42. The van der Waals surface area contributed by atoms with Crippen LogP contribution in [0.25, 0.3) is 0 Å². The first-order valence-electron chi connectivity index (χ1n) is 5.78. The highest BCUT2D eigenvalue weighted by Crippen LogP contribution is 2.10. The fraction of sp³-hybridized carbons (Fsp3) is 0.818. The Morgan fingerprint density at radius 1 is 1.35 bits per heavy atom. The van der Waals surface area contributed by atoms with Crippen LogP contribution in [0.3, 0.4) is 0 Å². The molecule has 0 aromatic carbocycles. The minimum atomic E-state index is -0.259. The van der Waals surface area contributed by atoms with Gasteiger partial charge in [-0.3, -0.25) is 0 Å². The van der Waals surface area contributed by atoms with Crippen molar-refractivity contribution in [2.75, 3.05) is 19.0 Å². The highest BCUT2D eigenvalue weighted by molar-refractivity contribution is 5.17. The molecule has 0 radical (unpaired) electrons. The lowest BCUT2D eigenvalue weighted by Crippen LogP contribution is -2.32. The number of aromatic nitrogens is 2. The molecule has 6 heteroatoms. The van der Waals surface area contributed by atoms with Crippen molar-refractivity contribution < 1.29 is 9.15 Å². The molecule has 0 aliphatic rings. The SMILES string of the molecule is COC(C)(C)CNc1nnc(CNC(C)C)o1. The quantitative estimate of drug-likeness (QED) is 0.753. The van der Waals surface area contributed by atoms with Crippen LogP contribution >= 0.6 is 0 Å². The molecular weight excluding hydrogens is 220 g/mol. The smallest absolute Gasteiger partial charge is 0.315 e. The van der Waals surface area contributed by atoms with Gasteiger partial charge in [-0.25, -0.2) is 0 Å². The van der Waals surface area contributed by atoms with E-state index < -0.39 is 0 Å². The van der Waals surface area contributed by atoms with Gasteiger partial charge in [0.05, 0.1) is 12.1 Å². The van der Waals surface area contributed by atoms with Gasteiger partial charge in [-0.05, 0) is 13.8 Å². The van der Waals surface area contributed by atoms with Crippen molar-refractivity contribution in [2.24, 2.45) is 0 Å². The van der Waals surface area contributed by atoms with Gasteiger partial charge in [-0.2, -0.15) is 0 Å². The maximum atomic E-state index is 5.42. The summed E-state index contributed by atoms with van der Waals surface area (Å²) in [7, 11) is 1.67. The van der Waals surface area contributed by atoms with Gasteiger partial charge in [0.15, 0.2) is 0 Å². The molecule has 17 heavy (non-hydrogen) atoms. The maximum Gasteiger partial charge on any atom is 0.315 e. The fourth-order valence-corrected chi connectivity index (χ4v) is 1.05. The second kappa shape index (κ2) is 5.97. The first kappa shape index (κ1) is 13.9. The monoisotopic (exact) mass is 242 g/mol. The van der Waals surface area contributed by atoms with Crippen LogP contribution in [0.15, 0.2) is 4.42 Å². The largest absolute Gasteiger partial charge is 0.407 e. The molecule has 1 rings (SSSR count). The molecule has 0 unspecified atom stereocenters. The van der Waals surface area contributed by atoms with Gasteiger partial charge < -0.3 is 19.8 Å². The molecule has 0 amide bonds. The molecule has 0 saturated heterocycles. The standard InChI is InChI=1S/C11H22N4O2/c1-8(2)12-6-9-14-15-10(17-9)13-7-11(3,4)16-5/h8,12H,6-7H2,1-5H3,(H,13,15). The molecule has 1 aromatic heterocycles. The van der Waals surface area contributed by atoms with Crippen molar-refractivity contribution in [3.63, 3.8) is 0 Å². The second-order valence-corrected chi connectivity index (χ2v) is 4.85. The Bertz CT molecular complexity index is 336. The van der Waals surface area contributed by atoms with Crippen LogP contribution in [-0.4, -0.2) is 35.5 Å². The van der Waals surface area contributed by atoms with Crippen LogP contribution in [0.1, 0.15) is 33.6 Å². The summed E-state index contributed by atoms with van der Waals surface area (Å²) < 4.78 is 10.7. The number of hydrogen-bond acceptors (Lipinski definition) is 6. The first-order valence-corrected chi connectivity index (χ1v) is 5.78. The Balaban J connectivity index is 2.40. The average Bonchev–Trinajstić information content (AvgIpc) is 2.72. The van der Waals surface area contributed by atoms with E-state index in [1.807, 2.05) is 13.8 Å². The van der Waals surface area contributed by atoms with Crippen LogP contribution in [0.5, 0.6) is 0 Å². The van der Waals surface area contributed by atoms with Crippen molar-refractivity contribution in [1.29, 1.82) is 0 Å². The molecule has 6 nitrogen and oxygen atoms in total. The van der Waals surface area contributed by atoms with Crippen LogP contribution in [-0.2, 0) is 11.3 Å². The predicted octanol–water partition coefficient (Wildman–Crippen LogP) is 1.40. The molecular formula is C11H22N4O2. The lowest BCUT2D eigenvalue weighted by atomic mass is 10.1. The average molecular weight is 242 g/mol. The number of nitrogens with one attached hydrogen (secondary N) is 2. The van der Waals surface area contributed by atoms with E-state index in [-0.39, 0.29) is 5.60 Å². The van der Waals surface area contributed by atoms with Gasteiger partial charge in [0.1, 0.15) is 0 Å². The molecule has 98 valence electrons. The summed E-state index contributed by atoms with van der Waals surface area (Å²) in [5.41, 5.74) is -0.259. The van der Waals surface area contributed by atoms with Crippen LogP contribution < -0.4 is 10.6 Å². The predicted molar refractivity (Wildman–Crippen MR) is 65.9 cm³/mol. The lowest BCUT2D eigenvalue weighted by Gasteiger charge is -2.22. The number of nitrogens with zero attached hydrogens (tertiary/aromatic N) is 2. The van der Waals surface area contributed by atoms with Gasteiger partial charge in [0.2, 0.25) is 5.89 Å². The summed E-state index contributed by atoms with van der Waals surface area (Å²) in [5.74, 6) is 0.580. The van der Waals surface area contributed by atoms with Crippen molar-refractivity contribution in [2.45, 2.75) is 45.9 Å². The van der Waals surface area contributed by atoms with Crippen molar-refractivity contribution >= 4 is 6.01 Å². The highest BCUT2D eigenvalue weighted by Gasteiger charge is 2.17. The molecule has 0 aliphatic heterocycles. The third kappa shape index (κ3) is 5.14. The van der Waals surface area contributed by atoms with Crippen LogP contribution in [0.2, 0.25) is 0 Å². The molecule has 2 N–H and O–H groups in total. The Kier molecular flexibility index (Phi) is 4.89. The summed E-state index contributed by atoms with van der Waals surface area (Å²) in [6.45, 7) is 9.30. The molecule has 1 heterocycles. The molecule has 0 spiro atoms. The molecule has 0 atom stereocenters. The number of methoxy groups -OCH3 is 1. The van der Waals surface area contributed by atoms with Gasteiger partial charge >= 0.3 is 6.01 Å². The summed E-state index contributed by atoms with van der Waals surface area (Å²) in [6.07, 6.45) is 0. The van der Waals surface area contributed by atoms with Gasteiger partial charge in [0.25, 0.3) is 0 Å². The van der Waals surface area contributed by atoms with Crippen molar-refractivity contribution in [3.05, 3.63) is 5.89 Å². The summed E-state index contributed by atoms with van der Waals surface area (Å²) in [5, 5.41) is 14.1. The summed E-state index contributed by atoms with van der Waals surface area (Å²) in [6, 6.07) is 0.821. The molecule has 0 saturated carbocycles. The Morgan fingerprint density at radius 3 is 2.65 bits per heavy atom. The van der Waals surface area contributed by atoms with Crippen molar-refractivity contribution in [3.8, 4) is 0 Å². The van der Waals surface area contributed by atoms with E-state index in [1.165, 1.54) is 0 Å². The fourth-order valence-electron chi connectivity index (χ4n) is 1.05. The topological polar surface area (TPSA) is 72.2 Å². The van der Waals surface area contributed by atoms with Crippen LogP contribution in [0, 0.1) is 0 Å². The molecule has 1 aromatic rings. The van der Waals surface area contributed by atoms with Crippen molar-refractivity contribution in [1.82, 2.24) is 15.5 Å². The van der Waals surface area contributed by atoms with Gasteiger partial charge in [-0.15, -0.1) is 5.10 Å². The zero-order valence-electron chi connectivity index (χ0n) is 11.2. The number of anilines is 1. The molecule has 0 fully saturated rings.